The Morgan fingerprint density at radius 2 is 1.66 bits per heavy atom. The first-order chi connectivity index (χ1) is 15.3. The van der Waals surface area contributed by atoms with Gasteiger partial charge < -0.3 is 14.2 Å². The molecule has 0 spiro atoms. The molecule has 2 aromatic rings. The fraction of sp³-hybridized carbons (Fsp3) is 0.261. The Labute approximate surface area is 200 Å². The quantitative estimate of drug-likeness (QED) is 0.239. The van der Waals surface area contributed by atoms with E-state index in [4.69, 9.17) is 26.4 Å². The van der Waals surface area contributed by atoms with E-state index in [9.17, 15) is 9.59 Å². The molecule has 32 heavy (non-hydrogen) atoms. The van der Waals surface area contributed by atoms with Crippen molar-refractivity contribution in [2.75, 3.05) is 19.8 Å². The summed E-state index contributed by atoms with van der Waals surface area (Å²) in [4.78, 5) is 24.2. The van der Waals surface area contributed by atoms with Crippen LogP contribution in [0.1, 0.15) is 23.6 Å². The first-order valence-corrected chi connectivity index (χ1v) is 11.2. The van der Waals surface area contributed by atoms with Crippen molar-refractivity contribution in [3.05, 3.63) is 57.1 Å². The Kier molecular flexibility index (Phi) is 7.87. The van der Waals surface area contributed by atoms with Gasteiger partial charge >= 0.3 is 0 Å². The molecule has 2 amide bonds. The molecule has 9 heteroatoms. The van der Waals surface area contributed by atoms with Crippen molar-refractivity contribution in [1.82, 2.24) is 10.6 Å². The molecule has 2 aromatic carbocycles. The van der Waals surface area contributed by atoms with Crippen LogP contribution in [-0.4, -0.2) is 36.7 Å². The molecule has 1 fully saturated rings. The second-order valence-corrected chi connectivity index (χ2v) is 8.29. The number of thiocarbonyl (C=S) groups is 1. The van der Waals surface area contributed by atoms with Crippen LogP contribution in [0.5, 0.6) is 17.2 Å². The number of halogens is 1. The van der Waals surface area contributed by atoms with Crippen LogP contribution < -0.4 is 24.8 Å². The molecular formula is C23H23BrN2O5S. The molecule has 0 aromatic heterocycles. The van der Waals surface area contributed by atoms with E-state index < -0.39 is 11.8 Å². The Hall–Kier alpha value is -2.91. The number of benzene rings is 2. The molecule has 0 aliphatic carbocycles. The number of amides is 2. The van der Waals surface area contributed by atoms with E-state index in [1.807, 2.05) is 32.9 Å². The van der Waals surface area contributed by atoms with Gasteiger partial charge in [0.2, 0.25) is 0 Å². The summed E-state index contributed by atoms with van der Waals surface area (Å²) in [7, 11) is 0. The molecule has 0 saturated carbocycles. The van der Waals surface area contributed by atoms with Gasteiger partial charge in [-0.05, 0) is 84.3 Å². The van der Waals surface area contributed by atoms with Gasteiger partial charge in [-0.1, -0.05) is 17.7 Å². The highest BCUT2D eigenvalue weighted by atomic mass is 79.9. The summed E-state index contributed by atoms with van der Waals surface area (Å²) in [5, 5.41) is 4.81. The van der Waals surface area contributed by atoms with Crippen LogP contribution in [0.15, 0.2) is 40.4 Å². The van der Waals surface area contributed by atoms with Crippen LogP contribution in [0, 0.1) is 13.8 Å². The standard InChI is InChI=1S/C23H23BrN2O5S/c1-4-29-19-12-15(10-16-21(27)25-23(32)26-22(16)28)11-17(24)20(19)31-8-7-30-18-6-5-13(2)9-14(18)3/h5-6,9-12H,4,7-8H2,1-3H3,(H2,25,26,27,28,32). The van der Waals surface area contributed by atoms with Crippen LogP contribution in [0.3, 0.4) is 0 Å². The van der Waals surface area contributed by atoms with Crippen molar-refractivity contribution in [3.8, 4) is 17.2 Å². The van der Waals surface area contributed by atoms with E-state index in [0.717, 1.165) is 11.3 Å². The fourth-order valence-corrected chi connectivity index (χ4v) is 3.86. The van der Waals surface area contributed by atoms with Gasteiger partial charge in [0.05, 0.1) is 11.1 Å². The second-order valence-electron chi connectivity index (χ2n) is 7.02. The molecule has 3 rings (SSSR count). The molecule has 7 nitrogen and oxygen atoms in total. The average Bonchev–Trinajstić information content (AvgIpc) is 2.71. The van der Waals surface area contributed by atoms with Crippen LogP contribution in [0.2, 0.25) is 0 Å². The highest BCUT2D eigenvalue weighted by Crippen LogP contribution is 2.37. The highest BCUT2D eigenvalue weighted by Gasteiger charge is 2.26. The highest BCUT2D eigenvalue weighted by molar-refractivity contribution is 9.10. The number of rotatable bonds is 8. The van der Waals surface area contributed by atoms with Crippen molar-refractivity contribution >= 4 is 51.2 Å². The molecule has 2 N–H and O–H groups in total. The molecule has 1 aliphatic rings. The molecule has 1 saturated heterocycles. The summed E-state index contributed by atoms with van der Waals surface area (Å²) in [6.07, 6.45) is 1.47. The number of hydrogen-bond donors (Lipinski definition) is 2. The Morgan fingerprint density at radius 1 is 0.969 bits per heavy atom. The first-order valence-electron chi connectivity index (χ1n) is 9.96. The zero-order valence-electron chi connectivity index (χ0n) is 17.9. The molecule has 0 radical (unpaired) electrons. The van der Waals surface area contributed by atoms with E-state index in [0.29, 0.717) is 41.4 Å². The maximum absolute atomic E-state index is 12.1. The summed E-state index contributed by atoms with van der Waals surface area (Å²) in [5.41, 5.74) is 2.78. The molecule has 0 atom stereocenters. The van der Waals surface area contributed by atoms with Crippen molar-refractivity contribution in [2.45, 2.75) is 20.8 Å². The third kappa shape index (κ3) is 5.86. The SMILES string of the molecule is CCOc1cc(C=C2C(=O)NC(=S)NC2=O)cc(Br)c1OCCOc1ccc(C)cc1C. The van der Waals surface area contributed by atoms with Gasteiger partial charge in [0.25, 0.3) is 11.8 Å². The van der Waals surface area contributed by atoms with Crippen LogP contribution in [0.4, 0.5) is 0 Å². The van der Waals surface area contributed by atoms with Gasteiger partial charge in [-0.25, -0.2) is 0 Å². The lowest BCUT2D eigenvalue weighted by Gasteiger charge is -2.17. The predicted octanol–water partition coefficient (Wildman–Crippen LogP) is 3.84. The Bertz CT molecular complexity index is 1080. The minimum absolute atomic E-state index is 0.0138. The van der Waals surface area contributed by atoms with Gasteiger partial charge in [0.1, 0.15) is 24.5 Å². The second kappa shape index (κ2) is 10.6. The number of nitrogens with one attached hydrogen (secondary N) is 2. The first kappa shape index (κ1) is 23.7. The molecule has 1 aliphatic heterocycles. The lowest BCUT2D eigenvalue weighted by molar-refractivity contribution is -0.123. The number of carbonyl (C=O) groups is 2. The predicted molar refractivity (Wildman–Crippen MR) is 129 cm³/mol. The average molecular weight is 519 g/mol. The Morgan fingerprint density at radius 3 is 2.31 bits per heavy atom. The molecule has 1 heterocycles. The van der Waals surface area contributed by atoms with E-state index in [-0.39, 0.29) is 10.7 Å². The number of carbonyl (C=O) groups excluding carboxylic acids is 2. The maximum atomic E-state index is 12.1. The third-order valence-corrected chi connectivity index (χ3v) is 5.30. The lowest BCUT2D eigenvalue weighted by atomic mass is 10.1. The maximum Gasteiger partial charge on any atom is 0.263 e. The largest absolute Gasteiger partial charge is 0.490 e. The zero-order chi connectivity index (χ0) is 23.3. The number of ether oxygens (including phenoxy) is 3. The van der Waals surface area contributed by atoms with Crippen molar-refractivity contribution in [2.24, 2.45) is 0 Å². The third-order valence-electron chi connectivity index (χ3n) is 4.50. The summed E-state index contributed by atoms with van der Waals surface area (Å²) >= 11 is 8.31. The van der Waals surface area contributed by atoms with Gasteiger partial charge in [0, 0.05) is 0 Å². The van der Waals surface area contributed by atoms with Crippen LogP contribution in [0.25, 0.3) is 6.08 Å². The summed E-state index contributed by atoms with van der Waals surface area (Å²) in [6.45, 7) is 6.96. The topological polar surface area (TPSA) is 85.9 Å². The number of aryl methyl sites for hydroxylation is 2. The van der Waals surface area contributed by atoms with Crippen molar-refractivity contribution in [1.29, 1.82) is 0 Å². The van der Waals surface area contributed by atoms with Gasteiger partial charge in [0.15, 0.2) is 16.6 Å². The molecule has 0 bridgehead atoms. The van der Waals surface area contributed by atoms with Gasteiger partial charge in [-0.15, -0.1) is 0 Å². The van der Waals surface area contributed by atoms with Crippen molar-refractivity contribution in [3.63, 3.8) is 0 Å². The summed E-state index contributed by atoms with van der Waals surface area (Å²) in [5.74, 6) is 0.687. The molecule has 0 unspecified atom stereocenters. The van der Waals surface area contributed by atoms with E-state index in [2.05, 4.69) is 32.6 Å². The van der Waals surface area contributed by atoms with Crippen LogP contribution >= 0.6 is 28.1 Å². The molecular weight excluding hydrogens is 496 g/mol. The van der Waals surface area contributed by atoms with Gasteiger partial charge in [-0.2, -0.15) is 0 Å². The van der Waals surface area contributed by atoms with Gasteiger partial charge in [-0.3, -0.25) is 20.2 Å². The van der Waals surface area contributed by atoms with Crippen LogP contribution in [-0.2, 0) is 9.59 Å². The summed E-state index contributed by atoms with van der Waals surface area (Å²) < 4.78 is 18.1. The monoisotopic (exact) mass is 518 g/mol. The number of hydrogen-bond acceptors (Lipinski definition) is 6. The van der Waals surface area contributed by atoms with E-state index in [1.54, 1.807) is 12.1 Å². The lowest BCUT2D eigenvalue weighted by Crippen LogP contribution is -2.51. The summed E-state index contributed by atoms with van der Waals surface area (Å²) in [6, 6.07) is 9.45. The minimum Gasteiger partial charge on any atom is -0.490 e. The van der Waals surface area contributed by atoms with E-state index >= 15 is 0 Å². The Balaban J connectivity index is 1.74. The normalized spacial score (nSPS) is 13.4. The smallest absolute Gasteiger partial charge is 0.263 e. The molecule has 168 valence electrons. The zero-order valence-corrected chi connectivity index (χ0v) is 20.3. The van der Waals surface area contributed by atoms with Crippen molar-refractivity contribution < 1.29 is 23.8 Å². The van der Waals surface area contributed by atoms with E-state index in [1.165, 1.54) is 11.6 Å². The fourth-order valence-electron chi connectivity index (χ4n) is 3.10. The minimum atomic E-state index is -0.559.